The van der Waals surface area contributed by atoms with Gasteiger partial charge in [0.2, 0.25) is 0 Å². The third-order valence-electron chi connectivity index (χ3n) is 4.21. The number of amides is 1. The van der Waals surface area contributed by atoms with Crippen LogP contribution in [-0.4, -0.2) is 53.5 Å². The average molecular weight is 575 g/mol. The Morgan fingerprint density at radius 2 is 0.833 bits per heavy atom. The minimum Gasteiger partial charge on any atom is -0.316 e. The molecule has 0 fully saturated rings. The second-order valence-electron chi connectivity index (χ2n) is 6.57. The van der Waals surface area contributed by atoms with Crippen LogP contribution < -0.4 is 5.32 Å². The second kappa shape index (κ2) is 8.45. The van der Waals surface area contributed by atoms with Crippen molar-refractivity contribution >= 4 is 11.6 Å². The van der Waals surface area contributed by atoms with E-state index in [0.717, 1.165) is 0 Å². The van der Waals surface area contributed by atoms with Crippen LogP contribution in [0.3, 0.4) is 0 Å². The fourth-order valence-corrected chi connectivity index (χ4v) is 2.12. The van der Waals surface area contributed by atoms with Gasteiger partial charge in [-0.15, -0.1) is 0 Å². The number of carbonyl (C=O) groups is 1. The molecule has 21 heteroatoms. The van der Waals surface area contributed by atoms with Crippen molar-refractivity contribution in [2.75, 3.05) is 5.32 Å². The largest absolute Gasteiger partial charge is 0.460 e. The van der Waals surface area contributed by atoms with E-state index in [0.29, 0.717) is 6.07 Å². The number of rotatable bonds is 8. The van der Waals surface area contributed by atoms with Crippen molar-refractivity contribution in [1.29, 1.82) is 0 Å². The molecule has 36 heavy (non-hydrogen) atoms. The lowest BCUT2D eigenvalue weighted by molar-refractivity contribution is -0.459. The molecule has 1 aromatic rings. The maximum Gasteiger partial charge on any atom is 0.460 e. The van der Waals surface area contributed by atoms with Crippen LogP contribution in [0.2, 0.25) is 0 Å². The summed E-state index contributed by atoms with van der Waals surface area (Å²) in [5.74, 6) is -67.5. The van der Waals surface area contributed by atoms with Crippen molar-refractivity contribution < 1.29 is 88.2 Å². The Balaban J connectivity index is 3.63. The van der Waals surface area contributed by atoms with E-state index in [1.807, 2.05) is 0 Å². The molecule has 0 saturated heterocycles. The van der Waals surface area contributed by atoms with Crippen LogP contribution in [0.4, 0.5) is 89.1 Å². The van der Waals surface area contributed by atoms with Gasteiger partial charge in [0.25, 0.3) is 0 Å². The summed E-state index contributed by atoms with van der Waals surface area (Å²) in [5.41, 5.74) is -2.13. The van der Waals surface area contributed by atoms with Gasteiger partial charge in [-0.1, -0.05) is 6.07 Å². The SMILES string of the molecule is O=C(Nc1c(F)cccc1F)C(F)(F)C(F)(F)C(F)(F)C(F)(F)C(F)(F)C(F)(F)C(F)(F)C(F)(F)F. The van der Waals surface area contributed by atoms with E-state index < -0.39 is 70.9 Å². The van der Waals surface area contributed by atoms with Crippen LogP contribution >= 0.6 is 0 Å². The van der Waals surface area contributed by atoms with Gasteiger partial charge in [-0.3, -0.25) is 4.79 Å². The average Bonchev–Trinajstić information content (AvgIpc) is 2.68. The number of nitrogens with one attached hydrogen (secondary N) is 1. The van der Waals surface area contributed by atoms with Crippen LogP contribution in [0, 0.1) is 11.6 Å². The first-order valence-electron chi connectivity index (χ1n) is 8.04. The fraction of sp³-hybridized carbons (Fsp3) is 0.533. The highest BCUT2D eigenvalue weighted by Gasteiger charge is 2.95. The predicted molar refractivity (Wildman–Crippen MR) is 75.7 cm³/mol. The summed E-state index contributed by atoms with van der Waals surface area (Å²) in [7, 11) is 0. The maximum atomic E-state index is 13.7. The Labute approximate surface area is 184 Å². The molecule has 0 atom stereocenters. The van der Waals surface area contributed by atoms with E-state index in [2.05, 4.69) is 0 Å². The Kier molecular flexibility index (Phi) is 7.37. The summed E-state index contributed by atoms with van der Waals surface area (Å²) in [5, 5.41) is 0.160. The molecule has 0 aromatic heterocycles. The summed E-state index contributed by atoms with van der Waals surface area (Å²) in [6.45, 7) is 0. The third kappa shape index (κ3) is 4.06. The van der Waals surface area contributed by atoms with Gasteiger partial charge in [0, 0.05) is 0 Å². The zero-order valence-corrected chi connectivity index (χ0v) is 15.8. The van der Waals surface area contributed by atoms with Gasteiger partial charge in [-0.25, -0.2) is 8.78 Å². The summed E-state index contributed by atoms with van der Waals surface area (Å²) >= 11 is 0. The Morgan fingerprint density at radius 3 is 1.17 bits per heavy atom. The first kappa shape index (κ1) is 31.4. The van der Waals surface area contributed by atoms with Crippen LogP contribution in [0.1, 0.15) is 0 Å². The lowest BCUT2D eigenvalue weighted by atomic mass is 9.89. The summed E-state index contributed by atoms with van der Waals surface area (Å²) in [6, 6.07) is 0.670. The van der Waals surface area contributed by atoms with E-state index >= 15 is 0 Å². The molecule has 1 aromatic carbocycles. The maximum absolute atomic E-state index is 13.7. The molecule has 0 radical (unpaired) electrons. The molecule has 0 heterocycles. The van der Waals surface area contributed by atoms with Crippen LogP contribution in [0.25, 0.3) is 0 Å². The van der Waals surface area contributed by atoms with Gasteiger partial charge in [0.1, 0.15) is 17.3 Å². The number of anilines is 1. The third-order valence-corrected chi connectivity index (χ3v) is 4.21. The van der Waals surface area contributed by atoms with E-state index in [9.17, 15) is 88.2 Å². The van der Waals surface area contributed by atoms with Crippen molar-refractivity contribution in [1.82, 2.24) is 0 Å². The summed E-state index contributed by atoms with van der Waals surface area (Å²) in [6.07, 6.45) is -7.90. The first-order valence-corrected chi connectivity index (χ1v) is 8.04. The van der Waals surface area contributed by atoms with Crippen molar-refractivity contribution in [3.63, 3.8) is 0 Å². The Hall–Kier alpha value is -2.64. The number of hydrogen-bond acceptors (Lipinski definition) is 1. The monoisotopic (exact) mass is 575 g/mol. The molecule has 2 nitrogen and oxygen atoms in total. The molecule has 0 aliphatic rings. The lowest BCUT2D eigenvalue weighted by Gasteiger charge is -2.42. The minimum atomic E-state index is -8.88. The molecule has 208 valence electrons. The van der Waals surface area contributed by atoms with Crippen molar-refractivity contribution in [2.24, 2.45) is 0 Å². The zero-order chi connectivity index (χ0) is 29.1. The summed E-state index contributed by atoms with van der Waals surface area (Å²) in [4.78, 5) is 11.2. The van der Waals surface area contributed by atoms with E-state index in [1.165, 1.54) is 0 Å². The van der Waals surface area contributed by atoms with E-state index in [1.54, 1.807) is 0 Å². The molecule has 0 saturated carbocycles. The minimum absolute atomic E-state index is 0.112. The van der Waals surface area contributed by atoms with E-state index in [4.69, 9.17) is 0 Å². The van der Waals surface area contributed by atoms with Gasteiger partial charge in [-0.05, 0) is 12.1 Å². The smallest absolute Gasteiger partial charge is 0.316 e. The quantitative estimate of drug-likeness (QED) is 0.336. The van der Waals surface area contributed by atoms with Gasteiger partial charge in [-0.2, -0.15) is 74.6 Å². The topological polar surface area (TPSA) is 29.1 Å². The molecule has 0 bridgehead atoms. The molecule has 1 N–H and O–H groups in total. The molecule has 0 unspecified atom stereocenters. The van der Waals surface area contributed by atoms with Gasteiger partial charge in [0.15, 0.2) is 0 Å². The fourth-order valence-electron chi connectivity index (χ4n) is 2.12. The number of benzene rings is 1. The Bertz CT molecular complexity index is 975. The number of para-hydroxylation sites is 1. The van der Waals surface area contributed by atoms with Crippen LogP contribution in [0.5, 0.6) is 0 Å². The first-order chi connectivity index (χ1) is 15.6. The molecule has 0 aliphatic heterocycles. The normalized spacial score (nSPS) is 15.2. The zero-order valence-electron chi connectivity index (χ0n) is 15.8. The summed E-state index contributed by atoms with van der Waals surface area (Å²) < 4.78 is 250. The van der Waals surface area contributed by atoms with Crippen molar-refractivity contribution in [2.45, 2.75) is 47.6 Å². The lowest BCUT2D eigenvalue weighted by Crippen LogP contribution is -2.75. The van der Waals surface area contributed by atoms with Gasteiger partial charge >= 0.3 is 53.5 Å². The van der Waals surface area contributed by atoms with Crippen molar-refractivity contribution in [3.8, 4) is 0 Å². The molecular formula is C15H4F19NO. The second-order valence-corrected chi connectivity index (χ2v) is 6.57. The highest BCUT2D eigenvalue weighted by atomic mass is 19.4. The highest BCUT2D eigenvalue weighted by Crippen LogP contribution is 2.64. The van der Waals surface area contributed by atoms with Gasteiger partial charge in [0.05, 0.1) is 0 Å². The predicted octanol–water partition coefficient (Wildman–Crippen LogP) is 6.91. The molecule has 1 rings (SSSR count). The number of alkyl halides is 17. The van der Waals surface area contributed by atoms with Crippen LogP contribution in [-0.2, 0) is 4.79 Å². The van der Waals surface area contributed by atoms with Gasteiger partial charge < -0.3 is 5.32 Å². The number of hydrogen-bond donors (Lipinski definition) is 1. The molecule has 0 spiro atoms. The van der Waals surface area contributed by atoms with Crippen LogP contribution in [0.15, 0.2) is 18.2 Å². The number of carbonyl (C=O) groups excluding carboxylic acids is 1. The highest BCUT2D eigenvalue weighted by molar-refractivity contribution is 5.97. The molecule has 1 amide bonds. The molecule has 0 aliphatic carbocycles. The van der Waals surface area contributed by atoms with E-state index in [-0.39, 0.29) is 17.4 Å². The molecular weight excluding hydrogens is 571 g/mol. The number of halogens is 19. The Morgan fingerprint density at radius 1 is 0.528 bits per heavy atom. The van der Waals surface area contributed by atoms with Crippen molar-refractivity contribution in [3.05, 3.63) is 29.8 Å². The standard InChI is InChI=1S/C15H4F19NO/c16-4-2-1-3-5(17)6(4)35-7(36)8(18,19)9(20,21)10(22,23)11(24,25)12(26,27)13(28,29)14(30,31)15(32,33)34/h1-3H,(H,35,36).